The van der Waals surface area contributed by atoms with Crippen LogP contribution < -0.4 is 14.8 Å². The summed E-state index contributed by atoms with van der Waals surface area (Å²) in [7, 11) is 0. The zero-order valence-electron chi connectivity index (χ0n) is 17.7. The summed E-state index contributed by atoms with van der Waals surface area (Å²) < 4.78 is 11.6. The smallest absolute Gasteiger partial charge is 0.261 e. The number of hydrogen-bond donors (Lipinski definition) is 1. The first kappa shape index (κ1) is 21.8. The van der Waals surface area contributed by atoms with Crippen LogP contribution in [0.2, 0.25) is 0 Å². The van der Waals surface area contributed by atoms with Crippen LogP contribution in [-0.2, 0) is 11.2 Å². The lowest BCUT2D eigenvalue weighted by Crippen LogP contribution is -2.38. The zero-order chi connectivity index (χ0) is 20.5. The Labute approximate surface area is 169 Å². The molecule has 2 aromatic carbocycles. The van der Waals surface area contributed by atoms with Gasteiger partial charge < -0.3 is 14.8 Å². The Morgan fingerprint density at radius 1 is 0.964 bits per heavy atom. The number of carbonyl (C=O) groups excluding carboxylic acids is 1. The molecule has 0 fully saturated rings. The highest BCUT2D eigenvalue weighted by molar-refractivity contribution is 5.81. The first-order valence-corrected chi connectivity index (χ1v) is 10.2. The molecule has 0 unspecified atom stereocenters. The fourth-order valence-corrected chi connectivity index (χ4v) is 2.90. The maximum atomic E-state index is 12.4. The van der Waals surface area contributed by atoms with Gasteiger partial charge in [-0.3, -0.25) is 4.79 Å². The normalized spacial score (nSPS) is 11.9. The van der Waals surface area contributed by atoms with Gasteiger partial charge in [0.2, 0.25) is 0 Å². The van der Waals surface area contributed by atoms with E-state index < -0.39 is 6.10 Å². The first-order chi connectivity index (χ1) is 13.4. The fraction of sp³-hybridized carbons (Fsp3) is 0.458. The number of amides is 1. The van der Waals surface area contributed by atoms with Gasteiger partial charge in [0.1, 0.15) is 11.5 Å². The van der Waals surface area contributed by atoms with E-state index in [-0.39, 0.29) is 12.0 Å². The number of carbonyl (C=O) groups is 1. The van der Waals surface area contributed by atoms with Crippen molar-refractivity contribution in [1.29, 1.82) is 0 Å². The van der Waals surface area contributed by atoms with Gasteiger partial charge in [0.25, 0.3) is 5.91 Å². The molecule has 4 heteroatoms. The molecule has 0 aliphatic carbocycles. The molecule has 2 aromatic rings. The summed E-state index contributed by atoms with van der Waals surface area (Å²) in [6.45, 7) is 10.7. The van der Waals surface area contributed by atoms with Crippen molar-refractivity contribution in [3.63, 3.8) is 0 Å². The van der Waals surface area contributed by atoms with Gasteiger partial charge in [0.15, 0.2) is 6.10 Å². The number of aryl methyl sites for hydroxylation is 3. The number of nitrogens with one attached hydrogen (secondary N) is 1. The van der Waals surface area contributed by atoms with Gasteiger partial charge in [-0.2, -0.15) is 0 Å². The molecule has 1 atom stereocenters. The topological polar surface area (TPSA) is 47.6 Å². The summed E-state index contributed by atoms with van der Waals surface area (Å²) in [4.78, 5) is 12.4. The number of rotatable bonds is 10. The largest absolute Gasteiger partial charge is 0.491 e. The highest BCUT2D eigenvalue weighted by Gasteiger charge is 2.18. The van der Waals surface area contributed by atoms with E-state index in [1.54, 1.807) is 0 Å². The highest BCUT2D eigenvalue weighted by atomic mass is 16.5. The lowest BCUT2D eigenvalue weighted by atomic mass is 10.1. The van der Waals surface area contributed by atoms with Crippen LogP contribution in [0.1, 0.15) is 50.3 Å². The minimum absolute atomic E-state index is 0.0543. The van der Waals surface area contributed by atoms with E-state index in [4.69, 9.17) is 9.47 Å². The summed E-state index contributed by atoms with van der Waals surface area (Å²) in [6, 6.07) is 14.1. The third kappa shape index (κ3) is 6.91. The van der Waals surface area contributed by atoms with Gasteiger partial charge in [-0.25, -0.2) is 0 Å². The standard InChI is InChI=1S/C24H33NO3/c1-6-23(28-22-12-9-18(4)19(5)16-22)24(26)25-15-7-8-20-10-13-21(14-11-20)27-17(2)3/h9-14,16-17,23H,6-8,15H2,1-5H3,(H,25,26)/t23-/m0/s1. The number of benzene rings is 2. The molecule has 0 heterocycles. The van der Waals surface area contributed by atoms with Crippen LogP contribution in [0.5, 0.6) is 11.5 Å². The molecule has 4 nitrogen and oxygen atoms in total. The lowest BCUT2D eigenvalue weighted by molar-refractivity contribution is -0.128. The summed E-state index contributed by atoms with van der Waals surface area (Å²) >= 11 is 0. The summed E-state index contributed by atoms with van der Waals surface area (Å²) in [6.07, 6.45) is 2.15. The molecule has 1 amide bonds. The molecular weight excluding hydrogens is 350 g/mol. The minimum Gasteiger partial charge on any atom is -0.491 e. The van der Waals surface area contributed by atoms with Crippen LogP contribution >= 0.6 is 0 Å². The van der Waals surface area contributed by atoms with Crippen LogP contribution in [0.15, 0.2) is 42.5 Å². The monoisotopic (exact) mass is 383 g/mol. The Morgan fingerprint density at radius 2 is 1.64 bits per heavy atom. The molecule has 0 bridgehead atoms. The fourth-order valence-electron chi connectivity index (χ4n) is 2.90. The van der Waals surface area contributed by atoms with Crippen molar-refractivity contribution in [3.05, 3.63) is 59.2 Å². The molecule has 0 aliphatic rings. The Kier molecular flexibility index (Phi) is 8.37. The molecular formula is C24H33NO3. The van der Waals surface area contributed by atoms with Gasteiger partial charge in [0, 0.05) is 6.54 Å². The van der Waals surface area contributed by atoms with E-state index in [9.17, 15) is 4.79 Å². The predicted molar refractivity (Wildman–Crippen MR) is 114 cm³/mol. The molecule has 1 N–H and O–H groups in total. The number of hydrogen-bond acceptors (Lipinski definition) is 3. The van der Waals surface area contributed by atoms with Crippen molar-refractivity contribution >= 4 is 5.91 Å². The average molecular weight is 384 g/mol. The van der Waals surface area contributed by atoms with Crippen LogP contribution in [0.3, 0.4) is 0 Å². The molecule has 0 saturated carbocycles. The first-order valence-electron chi connectivity index (χ1n) is 10.2. The van der Waals surface area contributed by atoms with E-state index in [2.05, 4.69) is 24.4 Å². The Bertz CT molecular complexity index is 753. The van der Waals surface area contributed by atoms with Crippen molar-refractivity contribution < 1.29 is 14.3 Å². The minimum atomic E-state index is -0.463. The Balaban J connectivity index is 1.76. The second-order valence-electron chi connectivity index (χ2n) is 7.47. The van der Waals surface area contributed by atoms with E-state index in [0.717, 1.165) is 29.9 Å². The molecule has 0 aromatic heterocycles. The summed E-state index contributed by atoms with van der Waals surface area (Å²) in [5.41, 5.74) is 3.62. The van der Waals surface area contributed by atoms with Gasteiger partial charge >= 0.3 is 0 Å². The lowest BCUT2D eigenvalue weighted by Gasteiger charge is -2.18. The zero-order valence-corrected chi connectivity index (χ0v) is 17.7. The molecule has 0 radical (unpaired) electrons. The van der Waals surface area contributed by atoms with Crippen LogP contribution in [0, 0.1) is 13.8 Å². The maximum absolute atomic E-state index is 12.4. The van der Waals surface area contributed by atoms with Crippen molar-refractivity contribution in [2.75, 3.05) is 6.54 Å². The van der Waals surface area contributed by atoms with E-state index in [1.807, 2.05) is 58.0 Å². The second-order valence-corrected chi connectivity index (χ2v) is 7.47. The summed E-state index contributed by atoms with van der Waals surface area (Å²) in [5.74, 6) is 1.58. The average Bonchev–Trinajstić information content (AvgIpc) is 2.66. The van der Waals surface area contributed by atoms with Gasteiger partial charge in [-0.1, -0.05) is 25.1 Å². The molecule has 152 valence electrons. The Hall–Kier alpha value is -2.49. The molecule has 2 rings (SSSR count). The third-order valence-corrected chi connectivity index (χ3v) is 4.66. The van der Waals surface area contributed by atoms with Gasteiger partial charge in [0.05, 0.1) is 6.10 Å². The van der Waals surface area contributed by atoms with Crippen molar-refractivity contribution in [3.8, 4) is 11.5 Å². The highest BCUT2D eigenvalue weighted by Crippen LogP contribution is 2.19. The molecule has 0 saturated heterocycles. The Morgan fingerprint density at radius 3 is 2.25 bits per heavy atom. The van der Waals surface area contributed by atoms with Gasteiger partial charge in [-0.15, -0.1) is 0 Å². The van der Waals surface area contributed by atoms with Crippen molar-refractivity contribution in [1.82, 2.24) is 5.32 Å². The molecule has 28 heavy (non-hydrogen) atoms. The van der Waals surface area contributed by atoms with Crippen LogP contribution in [0.25, 0.3) is 0 Å². The van der Waals surface area contributed by atoms with Crippen molar-refractivity contribution in [2.24, 2.45) is 0 Å². The van der Waals surface area contributed by atoms with E-state index >= 15 is 0 Å². The van der Waals surface area contributed by atoms with Gasteiger partial charge in [-0.05, 0) is 87.9 Å². The molecule has 0 spiro atoms. The third-order valence-electron chi connectivity index (χ3n) is 4.66. The van der Waals surface area contributed by atoms with E-state index in [0.29, 0.717) is 13.0 Å². The predicted octanol–water partition coefficient (Wildman–Crippen LogP) is 5.00. The quantitative estimate of drug-likeness (QED) is 0.588. The van der Waals surface area contributed by atoms with Crippen molar-refractivity contribution in [2.45, 2.75) is 66.1 Å². The van der Waals surface area contributed by atoms with E-state index in [1.165, 1.54) is 11.1 Å². The maximum Gasteiger partial charge on any atom is 0.261 e. The van der Waals surface area contributed by atoms with Crippen LogP contribution in [0.4, 0.5) is 0 Å². The molecule has 0 aliphatic heterocycles. The SMILES string of the molecule is CC[C@H](Oc1ccc(C)c(C)c1)C(=O)NCCCc1ccc(OC(C)C)cc1. The second kappa shape index (κ2) is 10.7. The number of ether oxygens (including phenoxy) is 2. The summed E-state index contributed by atoms with van der Waals surface area (Å²) in [5, 5.41) is 3.00. The van der Waals surface area contributed by atoms with Crippen LogP contribution in [-0.4, -0.2) is 24.7 Å².